The monoisotopic (exact) mass is 484 g/mol. The summed E-state index contributed by atoms with van der Waals surface area (Å²) in [6.45, 7) is -0.933. The number of benzene rings is 3. The number of rotatable bonds is 7. The van der Waals surface area contributed by atoms with Crippen molar-refractivity contribution in [2.24, 2.45) is 0 Å². The molecule has 1 aliphatic heterocycles. The van der Waals surface area contributed by atoms with Gasteiger partial charge in [0.25, 0.3) is 0 Å². The number of hydrogen-bond acceptors (Lipinski definition) is 4. The highest BCUT2D eigenvalue weighted by Crippen LogP contribution is 2.47. The summed E-state index contributed by atoms with van der Waals surface area (Å²) in [5, 5.41) is 0.580. The van der Waals surface area contributed by atoms with Crippen molar-refractivity contribution in [2.75, 3.05) is 13.4 Å². The second-order valence-electron chi connectivity index (χ2n) is 7.06. The Hall–Kier alpha value is -2.61. The van der Waals surface area contributed by atoms with Crippen LogP contribution in [-0.4, -0.2) is 19.6 Å². The average molecular weight is 485 g/mol. The largest absolute Gasteiger partial charge is 0.457 e. The van der Waals surface area contributed by atoms with E-state index < -0.39 is 17.7 Å². The fourth-order valence-corrected chi connectivity index (χ4v) is 3.44. The van der Waals surface area contributed by atoms with E-state index in [0.717, 1.165) is 0 Å². The molecular formula is C23H17Cl2F3O4. The summed E-state index contributed by atoms with van der Waals surface area (Å²) < 4.78 is 63.2. The van der Waals surface area contributed by atoms with Gasteiger partial charge in [-0.05, 0) is 59.7 Å². The molecule has 0 fully saturated rings. The molecule has 0 N–H and O–H groups in total. The van der Waals surface area contributed by atoms with E-state index in [1.807, 2.05) is 0 Å². The summed E-state index contributed by atoms with van der Waals surface area (Å²) in [5.41, 5.74) is 0.444. The smallest absolute Gasteiger partial charge is 0.413 e. The lowest BCUT2D eigenvalue weighted by Crippen LogP contribution is -2.41. The number of halogens is 5. The second-order valence-corrected chi connectivity index (χ2v) is 8.14. The maximum atomic E-state index is 13.9. The Labute approximate surface area is 192 Å². The van der Waals surface area contributed by atoms with Crippen molar-refractivity contribution >= 4 is 23.2 Å². The first-order chi connectivity index (χ1) is 15.2. The van der Waals surface area contributed by atoms with Gasteiger partial charge in [0.1, 0.15) is 11.5 Å². The summed E-state index contributed by atoms with van der Waals surface area (Å²) in [4.78, 5) is -2.74. The summed E-state index contributed by atoms with van der Waals surface area (Å²) >= 11 is 11.9. The van der Waals surface area contributed by atoms with E-state index in [9.17, 15) is 13.2 Å². The van der Waals surface area contributed by atoms with Crippen LogP contribution in [-0.2, 0) is 16.2 Å². The van der Waals surface area contributed by atoms with Crippen molar-refractivity contribution in [3.63, 3.8) is 0 Å². The van der Waals surface area contributed by atoms with Crippen molar-refractivity contribution < 1.29 is 32.1 Å². The third kappa shape index (κ3) is 4.90. The topological polar surface area (TPSA) is 36.9 Å². The molecule has 1 heterocycles. The van der Waals surface area contributed by atoms with Gasteiger partial charge < -0.3 is 18.9 Å². The Morgan fingerprint density at radius 2 is 1.62 bits per heavy atom. The van der Waals surface area contributed by atoms with Crippen molar-refractivity contribution in [3.8, 4) is 23.0 Å². The van der Waals surface area contributed by atoms with Crippen molar-refractivity contribution in [2.45, 2.75) is 17.7 Å². The third-order valence-corrected chi connectivity index (χ3v) is 5.59. The van der Waals surface area contributed by atoms with Gasteiger partial charge in [-0.1, -0.05) is 29.8 Å². The molecule has 0 radical (unpaired) electrons. The molecule has 3 aromatic carbocycles. The molecule has 4 rings (SSSR count). The van der Waals surface area contributed by atoms with Gasteiger partial charge in [0, 0.05) is 5.02 Å². The lowest BCUT2D eigenvalue weighted by molar-refractivity contribution is -0.179. The Morgan fingerprint density at radius 1 is 0.875 bits per heavy atom. The molecule has 9 heteroatoms. The number of hydrogen-bond donors (Lipinski definition) is 0. The SMILES string of the molecule is FC(F)(F)C(Cl)(COCc1cccc(Oc2ccc(Cl)cc2)c1)c1ccc2c(c1)OCO2. The quantitative estimate of drug-likeness (QED) is 0.336. The molecule has 168 valence electrons. The van der Waals surface area contributed by atoms with Crippen LogP contribution in [0.1, 0.15) is 11.1 Å². The van der Waals surface area contributed by atoms with Gasteiger partial charge in [0.05, 0.1) is 13.2 Å². The van der Waals surface area contributed by atoms with Gasteiger partial charge in [-0.3, -0.25) is 0 Å². The fourth-order valence-electron chi connectivity index (χ4n) is 3.12. The zero-order valence-corrected chi connectivity index (χ0v) is 18.0. The molecule has 0 aromatic heterocycles. The second kappa shape index (κ2) is 9.10. The van der Waals surface area contributed by atoms with Crippen LogP contribution in [0.25, 0.3) is 0 Å². The van der Waals surface area contributed by atoms with E-state index in [2.05, 4.69) is 0 Å². The normalized spacial score (nSPS) is 14.8. The van der Waals surface area contributed by atoms with Crippen LogP contribution in [0.2, 0.25) is 5.02 Å². The standard InChI is InChI=1S/C23H17Cl2F3O4/c24-17-5-7-18(8-6-17)32-19-3-1-2-15(10-19)12-29-13-22(25,23(26,27)28)16-4-9-20-21(11-16)31-14-30-20/h1-11H,12-14H2. The van der Waals surface area contributed by atoms with Gasteiger partial charge in [-0.2, -0.15) is 13.2 Å². The molecule has 0 amide bonds. The molecule has 0 aliphatic carbocycles. The highest BCUT2D eigenvalue weighted by Gasteiger charge is 2.55. The molecular weight excluding hydrogens is 468 g/mol. The maximum Gasteiger partial charge on any atom is 0.413 e. The third-order valence-electron chi connectivity index (χ3n) is 4.80. The van der Waals surface area contributed by atoms with E-state index in [0.29, 0.717) is 27.8 Å². The van der Waals surface area contributed by atoms with Crippen LogP contribution in [0.15, 0.2) is 66.7 Å². The van der Waals surface area contributed by atoms with Crippen molar-refractivity contribution in [3.05, 3.63) is 82.9 Å². The summed E-state index contributed by atoms with van der Waals surface area (Å²) in [6.07, 6.45) is -4.76. The predicted octanol–water partition coefficient (Wildman–Crippen LogP) is 7.07. The van der Waals surface area contributed by atoms with E-state index in [4.69, 9.17) is 42.1 Å². The molecule has 32 heavy (non-hydrogen) atoms. The van der Waals surface area contributed by atoms with Gasteiger partial charge in [-0.25, -0.2) is 0 Å². The van der Waals surface area contributed by atoms with Crippen LogP contribution in [0.5, 0.6) is 23.0 Å². The molecule has 0 bridgehead atoms. The van der Waals surface area contributed by atoms with Crippen LogP contribution in [0.4, 0.5) is 13.2 Å². The minimum absolute atomic E-state index is 0.0506. The number of alkyl halides is 4. The van der Waals surface area contributed by atoms with Gasteiger partial charge in [0.15, 0.2) is 16.4 Å². The van der Waals surface area contributed by atoms with E-state index >= 15 is 0 Å². The fraction of sp³-hybridized carbons (Fsp3) is 0.217. The highest BCUT2D eigenvalue weighted by molar-refractivity contribution is 6.30. The zero-order valence-electron chi connectivity index (χ0n) is 16.5. The van der Waals surface area contributed by atoms with Gasteiger partial charge in [0.2, 0.25) is 6.79 Å². The Balaban J connectivity index is 1.45. The average Bonchev–Trinajstić information content (AvgIpc) is 3.23. The molecule has 0 spiro atoms. The van der Waals surface area contributed by atoms with E-state index in [1.165, 1.54) is 18.2 Å². The van der Waals surface area contributed by atoms with Crippen LogP contribution < -0.4 is 14.2 Å². The van der Waals surface area contributed by atoms with E-state index in [1.54, 1.807) is 48.5 Å². The zero-order chi connectivity index (χ0) is 22.8. The first-order valence-electron chi connectivity index (χ1n) is 9.50. The number of ether oxygens (including phenoxy) is 4. The predicted molar refractivity (Wildman–Crippen MR) is 114 cm³/mol. The maximum absolute atomic E-state index is 13.9. The van der Waals surface area contributed by atoms with Gasteiger partial charge in [-0.15, -0.1) is 11.6 Å². The Bertz CT molecular complexity index is 1090. The Kier molecular flexibility index (Phi) is 6.42. The molecule has 1 aliphatic rings. The number of fused-ring (bicyclic) bond motifs is 1. The minimum atomic E-state index is -4.76. The minimum Gasteiger partial charge on any atom is -0.457 e. The molecule has 3 aromatic rings. The summed E-state index contributed by atoms with van der Waals surface area (Å²) in [7, 11) is 0. The van der Waals surface area contributed by atoms with Crippen LogP contribution in [0.3, 0.4) is 0 Å². The molecule has 1 atom stereocenters. The molecule has 0 saturated heterocycles. The van der Waals surface area contributed by atoms with Crippen molar-refractivity contribution in [1.29, 1.82) is 0 Å². The first-order valence-corrected chi connectivity index (χ1v) is 10.3. The first kappa shape index (κ1) is 22.6. The lowest BCUT2D eigenvalue weighted by Gasteiger charge is -2.30. The lowest BCUT2D eigenvalue weighted by atomic mass is 9.97. The summed E-state index contributed by atoms with van der Waals surface area (Å²) in [5.74, 6) is 1.67. The van der Waals surface area contributed by atoms with E-state index in [-0.39, 0.29) is 24.7 Å². The highest BCUT2D eigenvalue weighted by atomic mass is 35.5. The van der Waals surface area contributed by atoms with Crippen LogP contribution in [0, 0.1) is 0 Å². The molecule has 4 nitrogen and oxygen atoms in total. The van der Waals surface area contributed by atoms with Crippen LogP contribution >= 0.6 is 23.2 Å². The molecule has 1 unspecified atom stereocenters. The Morgan fingerprint density at radius 3 is 2.38 bits per heavy atom. The molecule has 0 saturated carbocycles. The van der Waals surface area contributed by atoms with Gasteiger partial charge >= 0.3 is 6.18 Å². The van der Waals surface area contributed by atoms with Crippen molar-refractivity contribution in [1.82, 2.24) is 0 Å². The summed E-state index contributed by atoms with van der Waals surface area (Å²) in [6, 6.07) is 17.5.